The highest BCUT2D eigenvalue weighted by Gasteiger charge is 2.10. The molecule has 0 atom stereocenters. The van der Waals surface area contributed by atoms with Crippen LogP contribution < -0.4 is 10.9 Å². The lowest BCUT2D eigenvalue weighted by atomic mass is 10.0. The van der Waals surface area contributed by atoms with Crippen LogP contribution in [0.25, 0.3) is 21.9 Å². The van der Waals surface area contributed by atoms with Crippen LogP contribution in [0, 0.1) is 11.8 Å². The van der Waals surface area contributed by atoms with Crippen molar-refractivity contribution in [1.82, 2.24) is 15.0 Å². The first-order valence-electron chi connectivity index (χ1n) is 8.76. The maximum Gasteiger partial charge on any atom is 0.149 e. The van der Waals surface area contributed by atoms with Crippen LogP contribution >= 0.6 is 0 Å². The largest absolute Gasteiger partial charge is 0.264 e. The number of rotatable bonds is 5. The fraction of sp³-hybridized carbons (Fsp3) is 0.0952. The molecule has 3 aromatic heterocycles. The summed E-state index contributed by atoms with van der Waals surface area (Å²) in [6, 6.07) is 15.4. The van der Waals surface area contributed by atoms with E-state index in [-0.39, 0.29) is 6.54 Å². The summed E-state index contributed by atoms with van der Waals surface area (Å²) in [5.74, 6) is 7.26. The quantitative estimate of drug-likeness (QED) is 0.320. The molecule has 0 aliphatic heterocycles. The van der Waals surface area contributed by atoms with Gasteiger partial charge in [0.1, 0.15) is 18.2 Å². The van der Waals surface area contributed by atoms with E-state index < -0.39 is 0 Å². The van der Waals surface area contributed by atoms with Gasteiger partial charge in [0.15, 0.2) is 0 Å². The number of pyridine rings is 3. The van der Waals surface area contributed by atoms with Crippen LogP contribution in [0.2, 0.25) is 0 Å². The van der Waals surface area contributed by atoms with Gasteiger partial charge in [-0.3, -0.25) is 4.98 Å². The van der Waals surface area contributed by atoms with Crippen molar-refractivity contribution >= 4 is 22.4 Å². The molecule has 3 heterocycles. The average molecular weight is 370 g/mol. The molecule has 28 heavy (non-hydrogen) atoms. The molecule has 138 valence electrons. The zero-order chi connectivity index (χ0) is 19.5. The molecule has 0 amide bonds. The van der Waals surface area contributed by atoms with Crippen LogP contribution in [0.5, 0.6) is 0 Å². The number of nitroso groups, excluding NO2 is 1. The van der Waals surface area contributed by atoms with E-state index in [4.69, 9.17) is 5.84 Å². The molecule has 0 unspecified atom stereocenters. The van der Waals surface area contributed by atoms with Gasteiger partial charge < -0.3 is 0 Å². The third-order valence-electron chi connectivity index (χ3n) is 4.57. The van der Waals surface area contributed by atoms with Crippen molar-refractivity contribution < 1.29 is 0 Å². The van der Waals surface area contributed by atoms with Crippen LogP contribution in [-0.4, -0.2) is 15.0 Å². The first kappa shape index (κ1) is 17.7. The number of benzene rings is 1. The molecule has 2 N–H and O–H groups in total. The highest BCUT2D eigenvalue weighted by atomic mass is 16.3. The Labute approximate surface area is 161 Å². The van der Waals surface area contributed by atoms with E-state index in [0.29, 0.717) is 17.3 Å². The number of anilines is 2. The van der Waals surface area contributed by atoms with Crippen LogP contribution in [0.15, 0.2) is 72.3 Å². The summed E-state index contributed by atoms with van der Waals surface area (Å²) in [6.07, 6.45) is 5.45. The molecule has 7 nitrogen and oxygen atoms in total. The molecule has 0 aliphatic rings. The summed E-state index contributed by atoms with van der Waals surface area (Å²) in [5.41, 5.74) is 3.91. The maximum absolute atomic E-state index is 10.5. The molecule has 0 bridgehead atoms. The Morgan fingerprint density at radius 1 is 1.04 bits per heavy atom. The lowest BCUT2D eigenvalue weighted by molar-refractivity contribution is 0.939. The van der Waals surface area contributed by atoms with Crippen molar-refractivity contribution in [2.45, 2.75) is 13.5 Å². The number of aryl methyl sites for hydroxylation is 1. The molecule has 0 aliphatic carbocycles. The van der Waals surface area contributed by atoms with Crippen molar-refractivity contribution in [3.05, 3.63) is 83.3 Å². The SMILES string of the molecule is Cc1ccncc1-c1ccc2cc(N(N)c3cccc(CN=O)n3)ncc2c1. The van der Waals surface area contributed by atoms with Crippen LogP contribution in [0.3, 0.4) is 0 Å². The first-order valence-corrected chi connectivity index (χ1v) is 8.76. The lowest BCUT2D eigenvalue weighted by Gasteiger charge is -2.17. The molecule has 4 rings (SSSR count). The molecule has 0 saturated carbocycles. The van der Waals surface area contributed by atoms with Gasteiger partial charge in [0.2, 0.25) is 0 Å². The topological polar surface area (TPSA) is 97.4 Å². The molecule has 0 fully saturated rings. The number of nitrogens with two attached hydrogens (primary N) is 1. The zero-order valence-electron chi connectivity index (χ0n) is 15.3. The van der Waals surface area contributed by atoms with E-state index in [1.165, 1.54) is 10.6 Å². The number of aromatic nitrogens is 3. The van der Waals surface area contributed by atoms with Gasteiger partial charge in [0.05, 0.1) is 5.69 Å². The second-order valence-electron chi connectivity index (χ2n) is 6.44. The van der Waals surface area contributed by atoms with E-state index in [2.05, 4.69) is 39.2 Å². The summed E-state index contributed by atoms with van der Waals surface area (Å²) in [6.45, 7) is 2.07. The van der Waals surface area contributed by atoms with Gasteiger partial charge in [0.25, 0.3) is 0 Å². The summed E-state index contributed by atoms with van der Waals surface area (Å²) in [5, 5.41) is 6.28. The minimum absolute atomic E-state index is 0.00334. The maximum atomic E-state index is 10.5. The standard InChI is InChI=1S/C21H18N6O/c1-14-7-8-23-13-19(14)16-6-5-15-10-21(24-11-17(15)9-16)27(22)20-4-2-3-18(26-20)12-25-28/h2-11,13H,12,22H2,1H3. The van der Waals surface area contributed by atoms with Crippen molar-refractivity contribution in [2.24, 2.45) is 11.0 Å². The Hall–Kier alpha value is -3.71. The predicted molar refractivity (Wildman–Crippen MR) is 110 cm³/mol. The minimum atomic E-state index is 0.00334. The van der Waals surface area contributed by atoms with Crippen LogP contribution in [0.1, 0.15) is 11.3 Å². The summed E-state index contributed by atoms with van der Waals surface area (Å²) in [4.78, 5) is 23.5. The molecule has 0 radical (unpaired) electrons. The van der Waals surface area contributed by atoms with Gasteiger partial charge in [0, 0.05) is 29.5 Å². The van der Waals surface area contributed by atoms with Crippen molar-refractivity contribution in [3.63, 3.8) is 0 Å². The third kappa shape index (κ3) is 3.43. The van der Waals surface area contributed by atoms with Crippen molar-refractivity contribution in [1.29, 1.82) is 0 Å². The number of hydrogen-bond acceptors (Lipinski definition) is 7. The van der Waals surface area contributed by atoms with Crippen molar-refractivity contribution in [3.8, 4) is 11.1 Å². The number of fused-ring (bicyclic) bond motifs is 1. The highest BCUT2D eigenvalue weighted by Crippen LogP contribution is 2.28. The van der Waals surface area contributed by atoms with Gasteiger partial charge in [-0.1, -0.05) is 23.4 Å². The molecular formula is C21H18N6O. The van der Waals surface area contributed by atoms with Gasteiger partial charge >= 0.3 is 0 Å². The van der Waals surface area contributed by atoms with Gasteiger partial charge in [-0.25, -0.2) is 20.8 Å². The van der Waals surface area contributed by atoms with Gasteiger partial charge in [-0.05, 0) is 53.8 Å². The number of hydrazine groups is 1. The second kappa shape index (κ2) is 7.50. The first-order chi connectivity index (χ1) is 13.7. The molecular weight excluding hydrogens is 352 g/mol. The Morgan fingerprint density at radius 3 is 2.75 bits per heavy atom. The van der Waals surface area contributed by atoms with E-state index >= 15 is 0 Å². The summed E-state index contributed by atoms with van der Waals surface area (Å²) < 4.78 is 0. The minimum Gasteiger partial charge on any atom is -0.264 e. The molecule has 0 spiro atoms. The Balaban J connectivity index is 1.68. The van der Waals surface area contributed by atoms with Gasteiger partial charge in [-0.2, -0.15) is 4.91 Å². The highest BCUT2D eigenvalue weighted by molar-refractivity contribution is 5.89. The summed E-state index contributed by atoms with van der Waals surface area (Å²) in [7, 11) is 0. The van der Waals surface area contributed by atoms with Crippen LogP contribution in [-0.2, 0) is 6.54 Å². The fourth-order valence-electron chi connectivity index (χ4n) is 3.07. The summed E-state index contributed by atoms with van der Waals surface area (Å²) >= 11 is 0. The van der Waals surface area contributed by atoms with E-state index in [9.17, 15) is 4.91 Å². The Morgan fingerprint density at radius 2 is 1.93 bits per heavy atom. The number of nitrogens with zero attached hydrogens (tertiary/aromatic N) is 5. The van der Waals surface area contributed by atoms with Crippen molar-refractivity contribution in [2.75, 3.05) is 5.01 Å². The third-order valence-corrected chi connectivity index (χ3v) is 4.57. The second-order valence-corrected chi connectivity index (χ2v) is 6.44. The van der Waals surface area contributed by atoms with Crippen LogP contribution in [0.4, 0.5) is 11.6 Å². The van der Waals surface area contributed by atoms with E-state index in [1.54, 1.807) is 30.6 Å². The monoisotopic (exact) mass is 370 g/mol. The Kier molecular flexibility index (Phi) is 4.74. The molecule has 7 heteroatoms. The number of hydrogen-bond donors (Lipinski definition) is 1. The smallest absolute Gasteiger partial charge is 0.149 e. The van der Waals surface area contributed by atoms with E-state index in [0.717, 1.165) is 21.9 Å². The lowest BCUT2D eigenvalue weighted by Crippen LogP contribution is -2.27. The zero-order valence-corrected chi connectivity index (χ0v) is 15.3. The molecule has 0 saturated heterocycles. The average Bonchev–Trinajstić information content (AvgIpc) is 2.73. The molecule has 4 aromatic rings. The predicted octanol–water partition coefficient (Wildman–Crippen LogP) is 4.28. The molecule has 1 aromatic carbocycles. The Bertz CT molecular complexity index is 1160. The fourth-order valence-corrected chi connectivity index (χ4v) is 3.07. The van der Waals surface area contributed by atoms with E-state index in [1.807, 2.05) is 24.4 Å². The van der Waals surface area contributed by atoms with Gasteiger partial charge in [-0.15, -0.1) is 0 Å². The normalized spacial score (nSPS) is 10.8.